The summed E-state index contributed by atoms with van der Waals surface area (Å²) in [7, 11) is 3.87. The highest BCUT2D eigenvalue weighted by molar-refractivity contribution is 5.95. The Morgan fingerprint density at radius 3 is 2.32 bits per heavy atom. The van der Waals surface area contributed by atoms with E-state index in [4.69, 9.17) is 0 Å². The molecule has 0 aliphatic heterocycles. The topological polar surface area (TPSA) is 58.1 Å². The van der Waals surface area contributed by atoms with Gasteiger partial charge in [-0.3, -0.25) is 9.78 Å². The van der Waals surface area contributed by atoms with Gasteiger partial charge >= 0.3 is 0 Å². The molecule has 1 amide bonds. The molecule has 3 aromatic rings. The van der Waals surface area contributed by atoms with Crippen molar-refractivity contribution in [3.63, 3.8) is 0 Å². The number of carbonyl (C=O) groups is 1. The number of anilines is 1. The molecule has 1 aromatic heterocycles. The fourth-order valence-corrected chi connectivity index (χ4v) is 3.31. The largest absolute Gasteiger partial charge is 0.361 e. The summed E-state index contributed by atoms with van der Waals surface area (Å²) in [6.07, 6.45) is 3.35. The minimum Gasteiger partial charge on any atom is -0.361 e. The lowest BCUT2D eigenvalue weighted by molar-refractivity contribution is 0.0940. The first kappa shape index (κ1) is 19.5. The van der Waals surface area contributed by atoms with Crippen LogP contribution in [0.3, 0.4) is 0 Å². The lowest BCUT2D eigenvalue weighted by Crippen LogP contribution is -2.27. The van der Waals surface area contributed by atoms with E-state index in [9.17, 15) is 4.79 Å². The van der Waals surface area contributed by atoms with Crippen molar-refractivity contribution in [1.82, 2.24) is 15.3 Å². The molecule has 5 heteroatoms. The van der Waals surface area contributed by atoms with Crippen LogP contribution < -0.4 is 10.2 Å². The average Bonchev–Trinajstić information content (AvgIpc) is 2.68. The van der Waals surface area contributed by atoms with E-state index in [0.717, 1.165) is 22.6 Å². The zero-order chi connectivity index (χ0) is 20.3. The molecule has 1 N–H and O–H groups in total. The van der Waals surface area contributed by atoms with Crippen LogP contribution in [0.1, 0.15) is 40.0 Å². The summed E-state index contributed by atoms with van der Waals surface area (Å²) in [5.41, 5.74) is 5.87. The van der Waals surface area contributed by atoms with Crippen LogP contribution in [0, 0.1) is 13.8 Å². The Balaban J connectivity index is 1.77. The number of hydrogen-bond acceptors (Lipinski definition) is 4. The monoisotopic (exact) mass is 374 g/mol. The molecule has 0 unspecified atom stereocenters. The maximum absolute atomic E-state index is 12.7. The zero-order valence-electron chi connectivity index (χ0n) is 17.0. The summed E-state index contributed by atoms with van der Waals surface area (Å²) in [5, 5.41) is 3.09. The van der Waals surface area contributed by atoms with Crippen LogP contribution in [0.5, 0.6) is 0 Å². The number of benzene rings is 2. The minimum absolute atomic E-state index is 0.0619. The standard InChI is InChI=1S/C23H26N4O/c1-15-6-11-20(16(2)14-15)17(3)26-23(28)19-9-7-18(8-10-19)21-22(27(4)5)25-13-12-24-21/h6-14,17H,1-5H3,(H,26,28)/t17-/m0/s1. The Morgan fingerprint density at radius 1 is 1.00 bits per heavy atom. The van der Waals surface area contributed by atoms with E-state index in [1.807, 2.05) is 50.2 Å². The van der Waals surface area contributed by atoms with E-state index < -0.39 is 0 Å². The molecule has 1 heterocycles. The fraction of sp³-hybridized carbons (Fsp3) is 0.261. The van der Waals surface area contributed by atoms with Gasteiger partial charge in [-0.15, -0.1) is 0 Å². The number of nitrogens with zero attached hydrogens (tertiary/aromatic N) is 3. The summed E-state index contributed by atoms with van der Waals surface area (Å²) in [6, 6.07) is 13.7. The molecule has 5 nitrogen and oxygen atoms in total. The van der Waals surface area contributed by atoms with Crippen molar-refractivity contribution in [2.45, 2.75) is 26.8 Å². The van der Waals surface area contributed by atoms with E-state index in [0.29, 0.717) is 5.56 Å². The minimum atomic E-state index is -0.0917. The van der Waals surface area contributed by atoms with Gasteiger partial charge in [0, 0.05) is 37.6 Å². The number of nitrogens with one attached hydrogen (secondary N) is 1. The van der Waals surface area contributed by atoms with Gasteiger partial charge < -0.3 is 10.2 Å². The van der Waals surface area contributed by atoms with E-state index in [-0.39, 0.29) is 11.9 Å². The number of carbonyl (C=O) groups excluding carboxylic acids is 1. The first-order chi connectivity index (χ1) is 13.4. The molecular weight excluding hydrogens is 348 g/mol. The third-order valence-corrected chi connectivity index (χ3v) is 4.76. The van der Waals surface area contributed by atoms with Gasteiger partial charge in [0.25, 0.3) is 5.91 Å². The second-order valence-corrected chi connectivity index (χ2v) is 7.26. The van der Waals surface area contributed by atoms with E-state index in [2.05, 4.69) is 47.3 Å². The van der Waals surface area contributed by atoms with Crippen molar-refractivity contribution in [3.8, 4) is 11.3 Å². The van der Waals surface area contributed by atoms with Gasteiger partial charge in [-0.1, -0.05) is 35.9 Å². The van der Waals surface area contributed by atoms with Crippen molar-refractivity contribution >= 4 is 11.7 Å². The van der Waals surface area contributed by atoms with Crippen LogP contribution >= 0.6 is 0 Å². The summed E-state index contributed by atoms with van der Waals surface area (Å²) in [6.45, 7) is 6.15. The molecule has 2 aromatic carbocycles. The smallest absolute Gasteiger partial charge is 0.251 e. The van der Waals surface area contributed by atoms with E-state index in [1.165, 1.54) is 11.1 Å². The quantitative estimate of drug-likeness (QED) is 0.723. The van der Waals surface area contributed by atoms with Crippen molar-refractivity contribution < 1.29 is 4.79 Å². The SMILES string of the molecule is Cc1ccc([C@H](C)NC(=O)c2ccc(-c3nccnc3N(C)C)cc2)c(C)c1. The number of amides is 1. The summed E-state index contributed by atoms with van der Waals surface area (Å²) in [4.78, 5) is 23.4. The van der Waals surface area contributed by atoms with Crippen LogP contribution in [0.4, 0.5) is 5.82 Å². The maximum atomic E-state index is 12.7. The Bertz CT molecular complexity index is 980. The lowest BCUT2D eigenvalue weighted by Gasteiger charge is -2.17. The molecule has 0 spiro atoms. The highest BCUT2D eigenvalue weighted by Crippen LogP contribution is 2.25. The first-order valence-corrected chi connectivity index (χ1v) is 9.33. The Kier molecular flexibility index (Phi) is 5.73. The van der Waals surface area contributed by atoms with Gasteiger partial charge in [0.05, 0.1) is 6.04 Å². The van der Waals surface area contributed by atoms with Crippen molar-refractivity contribution in [2.75, 3.05) is 19.0 Å². The number of rotatable bonds is 5. The van der Waals surface area contributed by atoms with Crippen LogP contribution in [-0.2, 0) is 0 Å². The number of aromatic nitrogens is 2. The van der Waals surface area contributed by atoms with Crippen molar-refractivity contribution in [1.29, 1.82) is 0 Å². The Morgan fingerprint density at radius 2 is 1.68 bits per heavy atom. The fourth-order valence-electron chi connectivity index (χ4n) is 3.31. The average molecular weight is 374 g/mol. The molecule has 0 bridgehead atoms. The summed E-state index contributed by atoms with van der Waals surface area (Å²) >= 11 is 0. The van der Waals surface area contributed by atoms with Crippen LogP contribution in [-0.4, -0.2) is 30.0 Å². The summed E-state index contributed by atoms with van der Waals surface area (Å²) < 4.78 is 0. The van der Waals surface area contributed by atoms with Gasteiger partial charge in [-0.25, -0.2) is 4.98 Å². The molecule has 3 rings (SSSR count). The zero-order valence-corrected chi connectivity index (χ0v) is 17.0. The Labute approximate surface area is 166 Å². The van der Waals surface area contributed by atoms with Gasteiger partial charge in [0.1, 0.15) is 5.69 Å². The molecule has 0 aliphatic rings. The predicted octanol–water partition coefficient (Wildman–Crippen LogP) is 4.32. The third kappa shape index (κ3) is 4.19. The Hall–Kier alpha value is -3.21. The number of hydrogen-bond donors (Lipinski definition) is 1. The molecule has 0 saturated heterocycles. The van der Waals surface area contributed by atoms with Crippen molar-refractivity contribution in [3.05, 3.63) is 77.1 Å². The van der Waals surface area contributed by atoms with Gasteiger partial charge in [0.15, 0.2) is 5.82 Å². The highest BCUT2D eigenvalue weighted by Gasteiger charge is 2.15. The maximum Gasteiger partial charge on any atom is 0.251 e. The van der Waals surface area contributed by atoms with Crippen LogP contribution in [0.2, 0.25) is 0 Å². The van der Waals surface area contributed by atoms with Gasteiger partial charge in [0.2, 0.25) is 0 Å². The van der Waals surface area contributed by atoms with Crippen LogP contribution in [0.25, 0.3) is 11.3 Å². The van der Waals surface area contributed by atoms with E-state index in [1.54, 1.807) is 12.4 Å². The van der Waals surface area contributed by atoms with Crippen LogP contribution in [0.15, 0.2) is 54.9 Å². The normalized spacial score (nSPS) is 11.8. The predicted molar refractivity (Wildman–Crippen MR) is 114 cm³/mol. The molecule has 0 fully saturated rings. The van der Waals surface area contributed by atoms with Gasteiger partial charge in [-0.2, -0.15) is 0 Å². The van der Waals surface area contributed by atoms with E-state index >= 15 is 0 Å². The first-order valence-electron chi connectivity index (χ1n) is 9.33. The lowest BCUT2D eigenvalue weighted by atomic mass is 10.00. The van der Waals surface area contributed by atoms with Gasteiger partial charge in [-0.05, 0) is 44.0 Å². The molecule has 144 valence electrons. The second-order valence-electron chi connectivity index (χ2n) is 7.26. The second kappa shape index (κ2) is 8.21. The molecule has 28 heavy (non-hydrogen) atoms. The molecular formula is C23H26N4O. The third-order valence-electron chi connectivity index (χ3n) is 4.76. The van der Waals surface area contributed by atoms with Crippen molar-refractivity contribution in [2.24, 2.45) is 0 Å². The summed E-state index contributed by atoms with van der Waals surface area (Å²) in [5.74, 6) is 0.703. The molecule has 0 radical (unpaired) electrons. The molecule has 1 atom stereocenters. The molecule has 0 aliphatic carbocycles. The highest BCUT2D eigenvalue weighted by atomic mass is 16.1. The number of aryl methyl sites for hydroxylation is 2. The molecule has 0 saturated carbocycles.